The molecule has 0 fully saturated rings. The van der Waals surface area contributed by atoms with Crippen molar-refractivity contribution in [3.8, 4) is 5.75 Å². The summed E-state index contributed by atoms with van der Waals surface area (Å²) in [5.41, 5.74) is 3.08. The van der Waals surface area contributed by atoms with Crippen molar-refractivity contribution in [1.29, 1.82) is 0 Å². The molecule has 5 heteroatoms. The number of rotatable bonds is 3. The van der Waals surface area contributed by atoms with E-state index in [1.165, 1.54) is 0 Å². The molecule has 0 aliphatic carbocycles. The molecule has 0 radical (unpaired) electrons. The van der Waals surface area contributed by atoms with E-state index < -0.39 is 0 Å². The zero-order valence-corrected chi connectivity index (χ0v) is 11.4. The number of aromatic amines is 1. The highest BCUT2D eigenvalue weighted by atomic mass is 16.5. The molecular weight excluding hydrogens is 254 g/mol. The van der Waals surface area contributed by atoms with Gasteiger partial charge in [0.05, 0.1) is 24.1 Å². The van der Waals surface area contributed by atoms with E-state index in [4.69, 9.17) is 4.74 Å². The predicted octanol–water partition coefficient (Wildman–Crippen LogP) is 2.61. The van der Waals surface area contributed by atoms with Crippen LogP contribution < -0.4 is 10.1 Å². The van der Waals surface area contributed by atoms with E-state index in [9.17, 15) is 4.79 Å². The highest BCUT2D eigenvalue weighted by molar-refractivity contribution is 6.34. The van der Waals surface area contributed by atoms with Gasteiger partial charge in [-0.3, -0.25) is 4.79 Å². The standard InChI is InChI=1S/C15H15N3O2/c1-3-20-11-4-5-14-12(7-11)13(15(19)18-14)6-10-8-16-9(2)17-10/h4-8H,3H2,1-2H3,(H,16,17)(H,18,19)/b13-6-. The maximum absolute atomic E-state index is 12.1. The molecular formula is C15H15N3O2. The third-order valence-electron chi connectivity index (χ3n) is 3.11. The minimum atomic E-state index is -0.110. The quantitative estimate of drug-likeness (QED) is 0.842. The second-order valence-electron chi connectivity index (χ2n) is 4.58. The van der Waals surface area contributed by atoms with E-state index in [2.05, 4.69) is 15.3 Å². The zero-order valence-electron chi connectivity index (χ0n) is 11.4. The molecule has 1 aliphatic heterocycles. The number of aryl methyl sites for hydroxylation is 1. The van der Waals surface area contributed by atoms with Crippen LogP contribution in [-0.4, -0.2) is 22.5 Å². The molecule has 1 amide bonds. The number of ether oxygens (including phenoxy) is 1. The van der Waals surface area contributed by atoms with E-state index in [1.807, 2.05) is 32.0 Å². The van der Waals surface area contributed by atoms with Crippen LogP contribution in [0.25, 0.3) is 11.6 Å². The van der Waals surface area contributed by atoms with E-state index in [-0.39, 0.29) is 5.91 Å². The van der Waals surface area contributed by atoms with Gasteiger partial charge >= 0.3 is 0 Å². The Morgan fingerprint density at radius 2 is 2.25 bits per heavy atom. The molecule has 2 N–H and O–H groups in total. The maximum Gasteiger partial charge on any atom is 0.256 e. The number of nitrogens with one attached hydrogen (secondary N) is 2. The highest BCUT2D eigenvalue weighted by Crippen LogP contribution is 2.35. The molecule has 102 valence electrons. The fourth-order valence-corrected chi connectivity index (χ4v) is 2.24. The SMILES string of the molecule is CCOc1ccc2c(c1)/C(=C/c1cnc(C)[nH]1)C(=O)N2. The van der Waals surface area contributed by atoms with Crippen molar-refractivity contribution in [3.05, 3.63) is 41.5 Å². The van der Waals surface area contributed by atoms with Crippen LogP contribution >= 0.6 is 0 Å². The van der Waals surface area contributed by atoms with Crippen LogP contribution in [0.1, 0.15) is 24.0 Å². The number of hydrogen-bond acceptors (Lipinski definition) is 3. The summed E-state index contributed by atoms with van der Waals surface area (Å²) in [6, 6.07) is 5.59. The van der Waals surface area contributed by atoms with Crippen LogP contribution in [0.4, 0.5) is 5.69 Å². The number of nitrogens with zero attached hydrogens (tertiary/aromatic N) is 1. The van der Waals surface area contributed by atoms with Gasteiger partial charge in [0, 0.05) is 11.3 Å². The fraction of sp³-hybridized carbons (Fsp3) is 0.200. The topological polar surface area (TPSA) is 67.0 Å². The number of benzene rings is 1. The molecule has 0 atom stereocenters. The third kappa shape index (κ3) is 2.18. The fourth-order valence-electron chi connectivity index (χ4n) is 2.24. The van der Waals surface area contributed by atoms with Crippen LogP contribution in [0.5, 0.6) is 5.75 Å². The number of imidazole rings is 1. The summed E-state index contributed by atoms with van der Waals surface area (Å²) in [6.07, 6.45) is 3.51. The van der Waals surface area contributed by atoms with Gasteiger partial charge in [-0.1, -0.05) is 0 Å². The zero-order chi connectivity index (χ0) is 14.1. The van der Waals surface area contributed by atoms with Gasteiger partial charge < -0.3 is 15.0 Å². The first-order valence-corrected chi connectivity index (χ1v) is 6.49. The van der Waals surface area contributed by atoms with Crippen molar-refractivity contribution in [2.75, 3.05) is 11.9 Å². The van der Waals surface area contributed by atoms with Gasteiger partial charge in [-0.05, 0) is 38.1 Å². The van der Waals surface area contributed by atoms with E-state index in [1.54, 1.807) is 12.3 Å². The first-order valence-electron chi connectivity index (χ1n) is 6.49. The molecule has 2 aromatic rings. The lowest BCUT2D eigenvalue weighted by atomic mass is 10.1. The summed E-state index contributed by atoms with van der Waals surface area (Å²) in [4.78, 5) is 19.3. The molecule has 1 aromatic heterocycles. The normalized spacial score (nSPS) is 15.3. The van der Waals surface area contributed by atoms with E-state index >= 15 is 0 Å². The maximum atomic E-state index is 12.1. The van der Waals surface area contributed by atoms with Gasteiger partial charge in [-0.25, -0.2) is 4.98 Å². The first-order chi connectivity index (χ1) is 9.67. The van der Waals surface area contributed by atoms with Crippen molar-refractivity contribution < 1.29 is 9.53 Å². The van der Waals surface area contributed by atoms with Gasteiger partial charge in [0.25, 0.3) is 5.91 Å². The minimum absolute atomic E-state index is 0.110. The molecule has 20 heavy (non-hydrogen) atoms. The largest absolute Gasteiger partial charge is 0.494 e. The Kier molecular flexibility index (Phi) is 3.02. The van der Waals surface area contributed by atoms with Crippen molar-refractivity contribution in [2.24, 2.45) is 0 Å². The van der Waals surface area contributed by atoms with Gasteiger partial charge in [-0.15, -0.1) is 0 Å². The van der Waals surface area contributed by atoms with Crippen molar-refractivity contribution >= 4 is 23.2 Å². The number of hydrogen-bond donors (Lipinski definition) is 2. The Morgan fingerprint density at radius 1 is 1.40 bits per heavy atom. The molecule has 0 unspecified atom stereocenters. The average molecular weight is 269 g/mol. The Morgan fingerprint density at radius 3 is 2.95 bits per heavy atom. The Hall–Kier alpha value is -2.56. The van der Waals surface area contributed by atoms with Gasteiger partial charge in [0.1, 0.15) is 11.6 Å². The molecule has 0 saturated heterocycles. The molecule has 2 heterocycles. The Balaban J connectivity index is 2.03. The lowest BCUT2D eigenvalue weighted by Crippen LogP contribution is -2.03. The summed E-state index contributed by atoms with van der Waals surface area (Å²) < 4.78 is 5.48. The molecule has 0 bridgehead atoms. The summed E-state index contributed by atoms with van der Waals surface area (Å²) in [5, 5.41) is 2.85. The third-order valence-corrected chi connectivity index (χ3v) is 3.11. The highest BCUT2D eigenvalue weighted by Gasteiger charge is 2.24. The van der Waals surface area contributed by atoms with Crippen molar-refractivity contribution in [3.63, 3.8) is 0 Å². The van der Waals surface area contributed by atoms with Gasteiger partial charge in [0.2, 0.25) is 0 Å². The Bertz CT molecular complexity index is 701. The van der Waals surface area contributed by atoms with Crippen LogP contribution in [-0.2, 0) is 4.79 Å². The summed E-state index contributed by atoms with van der Waals surface area (Å²) in [7, 11) is 0. The van der Waals surface area contributed by atoms with Gasteiger partial charge in [0.15, 0.2) is 0 Å². The van der Waals surface area contributed by atoms with Crippen molar-refractivity contribution in [2.45, 2.75) is 13.8 Å². The first kappa shape index (κ1) is 12.5. The second kappa shape index (κ2) is 4.85. The lowest BCUT2D eigenvalue weighted by Gasteiger charge is -2.05. The molecule has 0 spiro atoms. The number of amides is 1. The number of H-pyrrole nitrogens is 1. The van der Waals surface area contributed by atoms with Crippen LogP contribution in [0.15, 0.2) is 24.4 Å². The van der Waals surface area contributed by atoms with Crippen molar-refractivity contribution in [1.82, 2.24) is 9.97 Å². The smallest absolute Gasteiger partial charge is 0.256 e. The minimum Gasteiger partial charge on any atom is -0.494 e. The average Bonchev–Trinajstić information content (AvgIpc) is 2.96. The van der Waals surface area contributed by atoms with Gasteiger partial charge in [-0.2, -0.15) is 0 Å². The van der Waals surface area contributed by atoms with Crippen LogP contribution in [0.2, 0.25) is 0 Å². The number of carbonyl (C=O) groups is 1. The molecule has 1 aliphatic rings. The summed E-state index contributed by atoms with van der Waals surface area (Å²) in [5.74, 6) is 1.47. The Labute approximate surface area is 116 Å². The monoisotopic (exact) mass is 269 g/mol. The van der Waals surface area contributed by atoms with E-state index in [0.717, 1.165) is 28.5 Å². The number of anilines is 1. The number of aromatic nitrogens is 2. The molecule has 5 nitrogen and oxygen atoms in total. The molecule has 1 aromatic carbocycles. The summed E-state index contributed by atoms with van der Waals surface area (Å²) in [6.45, 7) is 4.40. The molecule has 3 rings (SSSR count). The van der Waals surface area contributed by atoms with Crippen LogP contribution in [0, 0.1) is 6.92 Å². The van der Waals surface area contributed by atoms with Crippen LogP contribution in [0.3, 0.4) is 0 Å². The summed E-state index contributed by atoms with van der Waals surface area (Å²) >= 11 is 0. The lowest BCUT2D eigenvalue weighted by molar-refractivity contribution is -0.110. The molecule has 0 saturated carbocycles. The van der Waals surface area contributed by atoms with E-state index in [0.29, 0.717) is 12.2 Å². The second-order valence-corrected chi connectivity index (χ2v) is 4.58. The number of fused-ring (bicyclic) bond motifs is 1. The number of carbonyl (C=O) groups excluding carboxylic acids is 1. The predicted molar refractivity (Wildman–Crippen MR) is 77.4 cm³/mol.